The zero-order valence-electron chi connectivity index (χ0n) is 12.6. The smallest absolute Gasteiger partial charge is 0.336 e. The molecular weight excluding hydrogens is 264 g/mol. The Balaban J connectivity index is 2.28. The second kappa shape index (κ2) is 6.44. The fourth-order valence-corrected chi connectivity index (χ4v) is 2.49. The fraction of sp³-hybridized carbons (Fsp3) is 0.278. The minimum Gasteiger partial charge on any atom is -0.489 e. The van der Waals surface area contributed by atoms with Gasteiger partial charge in [-0.25, -0.2) is 4.79 Å². The van der Waals surface area contributed by atoms with Crippen LogP contribution in [0.2, 0.25) is 0 Å². The van der Waals surface area contributed by atoms with Crippen LogP contribution < -0.4 is 4.74 Å². The van der Waals surface area contributed by atoms with Crippen molar-refractivity contribution in [3.8, 4) is 5.75 Å². The lowest BCUT2D eigenvalue weighted by molar-refractivity contribution is 0.0695. The van der Waals surface area contributed by atoms with Crippen molar-refractivity contribution in [2.75, 3.05) is 0 Å². The van der Waals surface area contributed by atoms with Crippen LogP contribution in [-0.2, 0) is 13.0 Å². The number of carbonyl (C=O) groups is 1. The van der Waals surface area contributed by atoms with Crippen molar-refractivity contribution < 1.29 is 14.6 Å². The number of hydrogen-bond acceptors (Lipinski definition) is 2. The summed E-state index contributed by atoms with van der Waals surface area (Å²) >= 11 is 0. The molecule has 2 aromatic rings. The molecule has 21 heavy (non-hydrogen) atoms. The van der Waals surface area contributed by atoms with Crippen molar-refractivity contribution in [1.82, 2.24) is 0 Å². The van der Waals surface area contributed by atoms with E-state index in [0.717, 1.165) is 11.1 Å². The van der Waals surface area contributed by atoms with Crippen LogP contribution >= 0.6 is 0 Å². The quantitative estimate of drug-likeness (QED) is 0.897. The van der Waals surface area contributed by atoms with Crippen LogP contribution in [0.4, 0.5) is 0 Å². The van der Waals surface area contributed by atoms with Gasteiger partial charge in [-0.1, -0.05) is 31.2 Å². The third-order valence-corrected chi connectivity index (χ3v) is 3.73. The molecule has 0 amide bonds. The molecule has 2 rings (SSSR count). The molecule has 0 aliphatic rings. The highest BCUT2D eigenvalue weighted by Crippen LogP contribution is 2.25. The van der Waals surface area contributed by atoms with E-state index in [4.69, 9.17) is 4.74 Å². The van der Waals surface area contributed by atoms with Crippen LogP contribution in [0.3, 0.4) is 0 Å². The van der Waals surface area contributed by atoms with E-state index in [1.165, 1.54) is 11.1 Å². The van der Waals surface area contributed by atoms with Gasteiger partial charge >= 0.3 is 5.97 Å². The predicted octanol–water partition coefficient (Wildman–Crippen LogP) is 4.14. The van der Waals surface area contributed by atoms with E-state index in [2.05, 4.69) is 26.0 Å². The van der Waals surface area contributed by atoms with Crippen LogP contribution in [-0.4, -0.2) is 11.1 Å². The van der Waals surface area contributed by atoms with Crippen molar-refractivity contribution in [3.63, 3.8) is 0 Å². The molecule has 0 aliphatic carbocycles. The Bertz CT molecular complexity index is 639. The van der Waals surface area contributed by atoms with Gasteiger partial charge in [-0.2, -0.15) is 0 Å². The lowest BCUT2D eigenvalue weighted by atomic mass is 10.0. The molecule has 0 atom stereocenters. The summed E-state index contributed by atoms with van der Waals surface area (Å²) in [5.41, 5.74) is 4.58. The van der Waals surface area contributed by atoms with Gasteiger partial charge in [0.1, 0.15) is 12.4 Å². The predicted molar refractivity (Wildman–Crippen MR) is 83.0 cm³/mol. The largest absolute Gasteiger partial charge is 0.489 e. The van der Waals surface area contributed by atoms with Crippen LogP contribution in [0.1, 0.15) is 39.5 Å². The molecule has 0 spiro atoms. The van der Waals surface area contributed by atoms with Gasteiger partial charge in [-0.3, -0.25) is 0 Å². The van der Waals surface area contributed by atoms with Crippen LogP contribution in [0, 0.1) is 13.8 Å². The standard InChI is InChI=1S/C18H20O3/c1-4-14-15(18(19)20)9-6-10-17(14)21-11-16-12(2)7-5-8-13(16)3/h5-10H,4,11H2,1-3H3,(H,19,20). The highest BCUT2D eigenvalue weighted by Gasteiger charge is 2.14. The molecule has 0 unspecified atom stereocenters. The highest BCUT2D eigenvalue weighted by atomic mass is 16.5. The molecule has 0 saturated heterocycles. The van der Waals surface area contributed by atoms with Gasteiger partial charge in [0.25, 0.3) is 0 Å². The van der Waals surface area contributed by atoms with Crippen molar-refractivity contribution in [1.29, 1.82) is 0 Å². The summed E-state index contributed by atoms with van der Waals surface area (Å²) in [6, 6.07) is 11.3. The normalized spacial score (nSPS) is 10.4. The van der Waals surface area contributed by atoms with E-state index >= 15 is 0 Å². The summed E-state index contributed by atoms with van der Waals surface area (Å²) < 4.78 is 5.90. The summed E-state index contributed by atoms with van der Waals surface area (Å²) in [5, 5.41) is 9.24. The molecule has 110 valence electrons. The first-order valence-corrected chi connectivity index (χ1v) is 7.07. The maximum atomic E-state index is 11.3. The van der Waals surface area contributed by atoms with Gasteiger partial charge in [-0.05, 0) is 49.1 Å². The molecule has 0 radical (unpaired) electrons. The van der Waals surface area contributed by atoms with Gasteiger partial charge in [0, 0.05) is 5.56 Å². The second-order valence-electron chi connectivity index (χ2n) is 5.10. The Hall–Kier alpha value is -2.29. The Labute approximate surface area is 125 Å². The van der Waals surface area contributed by atoms with Crippen LogP contribution in [0.5, 0.6) is 5.75 Å². The first kappa shape index (κ1) is 15.1. The Morgan fingerprint density at radius 2 is 1.67 bits per heavy atom. The van der Waals surface area contributed by atoms with Crippen molar-refractivity contribution >= 4 is 5.97 Å². The number of carboxylic acids is 1. The minimum absolute atomic E-state index is 0.316. The van der Waals surface area contributed by atoms with Crippen LogP contribution in [0.25, 0.3) is 0 Å². The van der Waals surface area contributed by atoms with E-state index in [1.54, 1.807) is 12.1 Å². The Morgan fingerprint density at radius 3 is 2.24 bits per heavy atom. The van der Waals surface area contributed by atoms with E-state index < -0.39 is 5.97 Å². The average Bonchev–Trinajstić information content (AvgIpc) is 2.46. The number of ether oxygens (including phenoxy) is 1. The average molecular weight is 284 g/mol. The molecule has 2 aromatic carbocycles. The molecular formula is C18H20O3. The fourth-order valence-electron chi connectivity index (χ4n) is 2.49. The summed E-state index contributed by atoms with van der Waals surface area (Å²) in [4.78, 5) is 11.3. The number of aromatic carboxylic acids is 1. The summed E-state index contributed by atoms with van der Waals surface area (Å²) in [6.45, 7) is 6.50. The Morgan fingerprint density at radius 1 is 1.05 bits per heavy atom. The topological polar surface area (TPSA) is 46.5 Å². The van der Waals surface area contributed by atoms with Crippen molar-refractivity contribution in [3.05, 3.63) is 64.2 Å². The maximum Gasteiger partial charge on any atom is 0.336 e. The van der Waals surface area contributed by atoms with Gasteiger partial charge < -0.3 is 9.84 Å². The molecule has 1 N–H and O–H groups in total. The molecule has 0 heterocycles. The SMILES string of the molecule is CCc1c(OCc2c(C)cccc2C)cccc1C(=O)O. The Kier molecular flexibility index (Phi) is 4.63. The number of carboxylic acid groups (broad SMARTS) is 1. The van der Waals surface area contributed by atoms with Crippen LogP contribution in [0.15, 0.2) is 36.4 Å². The van der Waals surface area contributed by atoms with Gasteiger partial charge in [0.05, 0.1) is 5.56 Å². The summed E-state index contributed by atoms with van der Waals surface area (Å²) in [5.74, 6) is -0.260. The monoisotopic (exact) mass is 284 g/mol. The summed E-state index contributed by atoms with van der Waals surface area (Å²) in [6.07, 6.45) is 0.630. The lowest BCUT2D eigenvalue weighted by Gasteiger charge is -2.15. The molecule has 0 aromatic heterocycles. The zero-order valence-corrected chi connectivity index (χ0v) is 12.6. The molecule has 3 heteroatoms. The molecule has 0 bridgehead atoms. The van der Waals surface area contributed by atoms with Gasteiger partial charge in [-0.15, -0.1) is 0 Å². The van der Waals surface area contributed by atoms with E-state index in [9.17, 15) is 9.90 Å². The van der Waals surface area contributed by atoms with E-state index in [-0.39, 0.29) is 0 Å². The van der Waals surface area contributed by atoms with Crippen molar-refractivity contribution in [2.45, 2.75) is 33.8 Å². The molecule has 3 nitrogen and oxygen atoms in total. The zero-order chi connectivity index (χ0) is 15.4. The molecule has 0 saturated carbocycles. The van der Waals surface area contributed by atoms with E-state index in [1.807, 2.05) is 19.1 Å². The third kappa shape index (κ3) is 3.24. The first-order valence-electron chi connectivity index (χ1n) is 7.07. The number of aryl methyl sites for hydroxylation is 2. The lowest BCUT2D eigenvalue weighted by Crippen LogP contribution is -2.06. The summed E-state index contributed by atoms with van der Waals surface area (Å²) in [7, 11) is 0. The number of hydrogen-bond donors (Lipinski definition) is 1. The molecule has 0 fully saturated rings. The highest BCUT2D eigenvalue weighted by molar-refractivity contribution is 5.90. The third-order valence-electron chi connectivity index (χ3n) is 3.73. The minimum atomic E-state index is -0.913. The number of benzene rings is 2. The second-order valence-corrected chi connectivity index (χ2v) is 5.10. The van der Waals surface area contributed by atoms with E-state index in [0.29, 0.717) is 24.3 Å². The number of rotatable bonds is 5. The molecule has 0 aliphatic heterocycles. The maximum absolute atomic E-state index is 11.3. The van der Waals surface area contributed by atoms with Crippen molar-refractivity contribution in [2.24, 2.45) is 0 Å². The van der Waals surface area contributed by atoms with Gasteiger partial charge in [0.15, 0.2) is 0 Å². The van der Waals surface area contributed by atoms with Gasteiger partial charge in [0.2, 0.25) is 0 Å². The first-order chi connectivity index (χ1) is 10.0.